The van der Waals surface area contributed by atoms with E-state index in [1.165, 1.54) is 44.9 Å². The van der Waals surface area contributed by atoms with Crippen LogP contribution < -0.4 is 5.32 Å². The molecular formula is C17H37N. The Labute approximate surface area is 116 Å². The highest BCUT2D eigenvalue weighted by Gasteiger charge is 2.27. The highest BCUT2D eigenvalue weighted by atomic mass is 15.0. The lowest BCUT2D eigenvalue weighted by Gasteiger charge is -2.37. The summed E-state index contributed by atoms with van der Waals surface area (Å²) in [6, 6.07) is 0.628. The molecule has 1 N–H and O–H groups in total. The van der Waals surface area contributed by atoms with Crippen molar-refractivity contribution >= 4 is 0 Å². The summed E-state index contributed by atoms with van der Waals surface area (Å²) in [6.45, 7) is 16.2. The summed E-state index contributed by atoms with van der Waals surface area (Å²) >= 11 is 0. The van der Waals surface area contributed by atoms with Gasteiger partial charge in [0.25, 0.3) is 0 Å². The normalized spacial score (nSPS) is 14.8. The second kappa shape index (κ2) is 8.19. The van der Waals surface area contributed by atoms with Crippen LogP contribution in [0.4, 0.5) is 0 Å². The van der Waals surface area contributed by atoms with E-state index in [-0.39, 0.29) is 5.54 Å². The van der Waals surface area contributed by atoms with Gasteiger partial charge in [0.1, 0.15) is 0 Å². The Morgan fingerprint density at radius 2 is 1.28 bits per heavy atom. The highest BCUT2D eigenvalue weighted by molar-refractivity contribution is 4.86. The molecule has 0 aromatic heterocycles. The SMILES string of the molecule is CCCCCCCCC(NC(C)(C)C)C(C)(C)C. The van der Waals surface area contributed by atoms with Crippen molar-refractivity contribution in [1.29, 1.82) is 0 Å². The van der Waals surface area contributed by atoms with Crippen molar-refractivity contribution in [3.8, 4) is 0 Å². The molecule has 0 aromatic rings. The second-order valence-electron chi connectivity index (χ2n) is 7.87. The van der Waals surface area contributed by atoms with Gasteiger partial charge in [-0.15, -0.1) is 0 Å². The summed E-state index contributed by atoms with van der Waals surface area (Å²) in [5.41, 5.74) is 0.580. The molecule has 18 heavy (non-hydrogen) atoms. The van der Waals surface area contributed by atoms with Crippen LogP contribution in [0.15, 0.2) is 0 Å². The Morgan fingerprint density at radius 1 is 0.778 bits per heavy atom. The summed E-state index contributed by atoms with van der Waals surface area (Å²) in [7, 11) is 0. The Bertz CT molecular complexity index is 195. The average Bonchev–Trinajstić information content (AvgIpc) is 2.18. The van der Waals surface area contributed by atoms with Crippen LogP contribution in [0.3, 0.4) is 0 Å². The van der Waals surface area contributed by atoms with Crippen molar-refractivity contribution in [3.63, 3.8) is 0 Å². The van der Waals surface area contributed by atoms with Gasteiger partial charge in [-0.1, -0.05) is 66.2 Å². The standard InChI is InChI=1S/C17H37N/c1-8-9-10-11-12-13-14-15(16(2,3)4)18-17(5,6)7/h15,18H,8-14H2,1-7H3. The van der Waals surface area contributed by atoms with Crippen molar-refractivity contribution in [2.45, 2.75) is 105 Å². The maximum atomic E-state index is 3.80. The van der Waals surface area contributed by atoms with E-state index in [1.807, 2.05) is 0 Å². The van der Waals surface area contributed by atoms with E-state index in [2.05, 4.69) is 53.8 Å². The minimum absolute atomic E-state index is 0.222. The first-order chi connectivity index (χ1) is 8.17. The number of nitrogens with one attached hydrogen (secondary N) is 1. The van der Waals surface area contributed by atoms with Gasteiger partial charge in [-0.05, 0) is 32.6 Å². The third kappa shape index (κ3) is 9.94. The van der Waals surface area contributed by atoms with Gasteiger partial charge in [0.05, 0.1) is 0 Å². The molecule has 0 aromatic carbocycles. The van der Waals surface area contributed by atoms with Gasteiger partial charge in [0.2, 0.25) is 0 Å². The molecule has 0 bridgehead atoms. The molecule has 0 aliphatic carbocycles. The largest absolute Gasteiger partial charge is 0.309 e. The van der Waals surface area contributed by atoms with E-state index in [0.29, 0.717) is 11.5 Å². The second-order valence-corrected chi connectivity index (χ2v) is 7.87. The number of unbranched alkanes of at least 4 members (excludes halogenated alkanes) is 5. The molecule has 0 fully saturated rings. The van der Waals surface area contributed by atoms with E-state index in [1.54, 1.807) is 0 Å². The monoisotopic (exact) mass is 255 g/mol. The smallest absolute Gasteiger partial charge is 0.0120 e. The first kappa shape index (κ1) is 18.0. The third-order valence-corrected chi connectivity index (χ3v) is 3.50. The minimum Gasteiger partial charge on any atom is -0.309 e. The number of hydrogen-bond acceptors (Lipinski definition) is 1. The fourth-order valence-electron chi connectivity index (χ4n) is 2.37. The minimum atomic E-state index is 0.222. The molecule has 0 aliphatic heterocycles. The van der Waals surface area contributed by atoms with Crippen molar-refractivity contribution < 1.29 is 0 Å². The summed E-state index contributed by atoms with van der Waals surface area (Å²) in [4.78, 5) is 0. The van der Waals surface area contributed by atoms with Crippen LogP contribution in [0.25, 0.3) is 0 Å². The van der Waals surface area contributed by atoms with Crippen LogP contribution in [0, 0.1) is 5.41 Å². The van der Waals surface area contributed by atoms with E-state index >= 15 is 0 Å². The Morgan fingerprint density at radius 3 is 1.72 bits per heavy atom. The lowest BCUT2D eigenvalue weighted by molar-refractivity contribution is 0.204. The van der Waals surface area contributed by atoms with Gasteiger partial charge in [0.15, 0.2) is 0 Å². The maximum Gasteiger partial charge on any atom is 0.0120 e. The molecule has 0 rings (SSSR count). The average molecular weight is 255 g/mol. The van der Waals surface area contributed by atoms with Crippen LogP contribution in [-0.4, -0.2) is 11.6 Å². The molecule has 0 spiro atoms. The Balaban J connectivity index is 3.96. The van der Waals surface area contributed by atoms with Gasteiger partial charge in [-0.25, -0.2) is 0 Å². The van der Waals surface area contributed by atoms with Gasteiger partial charge >= 0.3 is 0 Å². The van der Waals surface area contributed by atoms with Crippen LogP contribution in [0.5, 0.6) is 0 Å². The maximum absolute atomic E-state index is 3.80. The molecule has 1 unspecified atom stereocenters. The van der Waals surface area contributed by atoms with Crippen LogP contribution >= 0.6 is 0 Å². The first-order valence-corrected chi connectivity index (χ1v) is 7.94. The van der Waals surface area contributed by atoms with E-state index < -0.39 is 0 Å². The molecule has 0 radical (unpaired) electrons. The van der Waals surface area contributed by atoms with Crippen LogP contribution in [-0.2, 0) is 0 Å². The predicted octanol–water partition coefficient (Wildman–Crippen LogP) is 5.54. The predicted molar refractivity (Wildman–Crippen MR) is 84.1 cm³/mol. The first-order valence-electron chi connectivity index (χ1n) is 7.94. The Kier molecular flexibility index (Phi) is 8.18. The van der Waals surface area contributed by atoms with E-state index in [0.717, 1.165) is 0 Å². The molecule has 0 aliphatic rings. The molecule has 110 valence electrons. The van der Waals surface area contributed by atoms with E-state index in [4.69, 9.17) is 0 Å². The van der Waals surface area contributed by atoms with Gasteiger partial charge in [-0.3, -0.25) is 0 Å². The fourth-order valence-corrected chi connectivity index (χ4v) is 2.37. The topological polar surface area (TPSA) is 12.0 Å². The lowest BCUT2D eigenvalue weighted by Crippen LogP contribution is -2.49. The number of rotatable bonds is 8. The zero-order chi connectivity index (χ0) is 14.2. The van der Waals surface area contributed by atoms with Crippen molar-refractivity contribution in [2.24, 2.45) is 5.41 Å². The van der Waals surface area contributed by atoms with Gasteiger partial charge in [-0.2, -0.15) is 0 Å². The fraction of sp³-hybridized carbons (Fsp3) is 1.00. The summed E-state index contributed by atoms with van der Waals surface area (Å²) in [5, 5.41) is 3.80. The summed E-state index contributed by atoms with van der Waals surface area (Å²) < 4.78 is 0. The Hall–Kier alpha value is -0.0400. The molecule has 1 nitrogen and oxygen atoms in total. The summed E-state index contributed by atoms with van der Waals surface area (Å²) in [5.74, 6) is 0. The molecule has 0 saturated carbocycles. The molecule has 1 atom stereocenters. The number of hydrogen-bond donors (Lipinski definition) is 1. The third-order valence-electron chi connectivity index (χ3n) is 3.50. The summed E-state index contributed by atoms with van der Waals surface area (Å²) in [6.07, 6.45) is 9.67. The zero-order valence-corrected chi connectivity index (χ0v) is 14.0. The quantitative estimate of drug-likeness (QED) is 0.561. The molecule has 1 heteroatoms. The molecule has 0 saturated heterocycles. The zero-order valence-electron chi connectivity index (χ0n) is 14.0. The highest BCUT2D eigenvalue weighted by Crippen LogP contribution is 2.26. The van der Waals surface area contributed by atoms with Crippen molar-refractivity contribution in [1.82, 2.24) is 5.32 Å². The van der Waals surface area contributed by atoms with E-state index in [9.17, 15) is 0 Å². The van der Waals surface area contributed by atoms with Crippen molar-refractivity contribution in [3.05, 3.63) is 0 Å². The van der Waals surface area contributed by atoms with Crippen LogP contribution in [0.1, 0.15) is 93.4 Å². The van der Waals surface area contributed by atoms with Crippen LogP contribution in [0.2, 0.25) is 0 Å². The van der Waals surface area contributed by atoms with Crippen molar-refractivity contribution in [2.75, 3.05) is 0 Å². The van der Waals surface area contributed by atoms with Gasteiger partial charge in [0, 0.05) is 11.6 Å². The molecule has 0 amide bonds. The molecule has 0 heterocycles. The molecular weight excluding hydrogens is 218 g/mol. The van der Waals surface area contributed by atoms with Gasteiger partial charge < -0.3 is 5.32 Å². The lowest BCUT2D eigenvalue weighted by atomic mass is 9.82.